The molecule has 0 unspecified atom stereocenters. The molecule has 4 aromatic rings. The molecule has 33 heavy (non-hydrogen) atoms. The molecule has 0 fully saturated rings. The summed E-state index contributed by atoms with van der Waals surface area (Å²) in [7, 11) is 0. The second-order valence-electron chi connectivity index (χ2n) is 9.72. The number of aromatic nitrogens is 2. The fourth-order valence-electron chi connectivity index (χ4n) is 3.61. The minimum absolute atomic E-state index is 0.691. The van der Waals surface area contributed by atoms with Crippen molar-refractivity contribution in [2.24, 2.45) is 17.8 Å². The highest BCUT2D eigenvalue weighted by Gasteiger charge is 2.02. The first-order valence-electron chi connectivity index (χ1n) is 12.1. The smallest absolute Gasteiger partial charge is 0.104 e. The number of hydrogen-bond acceptors (Lipinski definition) is 3. The summed E-state index contributed by atoms with van der Waals surface area (Å²) in [6.45, 7) is 13.3. The lowest BCUT2D eigenvalue weighted by Gasteiger charge is -2.07. The predicted molar refractivity (Wildman–Crippen MR) is 140 cm³/mol. The van der Waals surface area contributed by atoms with Crippen molar-refractivity contribution in [3.05, 3.63) is 96.3 Å². The van der Waals surface area contributed by atoms with E-state index in [0.717, 1.165) is 36.5 Å². The van der Waals surface area contributed by atoms with Crippen LogP contribution in [0.25, 0.3) is 10.9 Å². The molecule has 0 aliphatic carbocycles. The maximum absolute atomic E-state index is 5.14. The lowest BCUT2D eigenvalue weighted by molar-refractivity contribution is 0.472. The van der Waals surface area contributed by atoms with E-state index in [4.69, 9.17) is 4.42 Å². The van der Waals surface area contributed by atoms with Crippen LogP contribution in [-0.2, 0) is 19.3 Å². The molecule has 3 aromatic heterocycles. The molecule has 0 spiro atoms. The molecule has 3 heterocycles. The summed E-state index contributed by atoms with van der Waals surface area (Å²) in [6.07, 6.45) is 10.6. The van der Waals surface area contributed by atoms with Gasteiger partial charge in [0.2, 0.25) is 0 Å². The lowest BCUT2D eigenvalue weighted by atomic mass is 9.99. The Morgan fingerprint density at radius 2 is 1.42 bits per heavy atom. The van der Waals surface area contributed by atoms with Gasteiger partial charge in [0.1, 0.15) is 5.76 Å². The van der Waals surface area contributed by atoms with Crippen molar-refractivity contribution < 1.29 is 4.42 Å². The Bertz CT molecular complexity index is 1020. The van der Waals surface area contributed by atoms with E-state index in [-0.39, 0.29) is 0 Å². The van der Waals surface area contributed by atoms with Gasteiger partial charge < -0.3 is 4.42 Å². The molecule has 0 N–H and O–H groups in total. The summed E-state index contributed by atoms with van der Waals surface area (Å²) >= 11 is 0. The van der Waals surface area contributed by atoms with Crippen LogP contribution in [0.3, 0.4) is 0 Å². The number of nitrogens with zero attached hydrogens (tertiary/aromatic N) is 2. The number of pyridine rings is 2. The van der Waals surface area contributed by atoms with Crippen LogP contribution in [0.5, 0.6) is 0 Å². The largest absolute Gasteiger partial charge is 0.469 e. The van der Waals surface area contributed by atoms with Gasteiger partial charge in [0.05, 0.1) is 11.8 Å². The summed E-state index contributed by atoms with van der Waals surface area (Å²) in [4.78, 5) is 8.39. The molecular formula is C30H40N2O. The van der Waals surface area contributed by atoms with Crippen LogP contribution in [0.1, 0.15) is 58.4 Å². The van der Waals surface area contributed by atoms with Gasteiger partial charge in [0.15, 0.2) is 0 Å². The van der Waals surface area contributed by atoms with Crippen molar-refractivity contribution in [2.75, 3.05) is 0 Å². The first-order chi connectivity index (χ1) is 15.8. The molecule has 0 saturated carbocycles. The Hall–Kier alpha value is -2.94. The van der Waals surface area contributed by atoms with Gasteiger partial charge in [-0.15, -0.1) is 0 Å². The molecule has 3 heteroatoms. The zero-order valence-electron chi connectivity index (χ0n) is 21.2. The van der Waals surface area contributed by atoms with E-state index in [1.165, 1.54) is 16.5 Å². The van der Waals surface area contributed by atoms with E-state index < -0.39 is 0 Å². The summed E-state index contributed by atoms with van der Waals surface area (Å²) in [5, 5.41) is 1.30. The van der Waals surface area contributed by atoms with Crippen molar-refractivity contribution >= 4 is 10.9 Å². The van der Waals surface area contributed by atoms with E-state index in [1.54, 1.807) is 6.26 Å². The van der Waals surface area contributed by atoms with Crippen molar-refractivity contribution in [2.45, 2.75) is 60.8 Å². The third-order valence-corrected chi connectivity index (χ3v) is 4.92. The minimum atomic E-state index is 0.691. The summed E-state index contributed by atoms with van der Waals surface area (Å²) < 4.78 is 5.14. The third kappa shape index (κ3) is 10.5. The molecular weight excluding hydrogens is 404 g/mol. The normalized spacial score (nSPS) is 10.7. The number of hydrogen-bond donors (Lipinski definition) is 0. The lowest BCUT2D eigenvalue weighted by Crippen LogP contribution is -1.95. The number of rotatable bonds is 6. The Morgan fingerprint density at radius 3 is 2.03 bits per heavy atom. The minimum Gasteiger partial charge on any atom is -0.469 e. The van der Waals surface area contributed by atoms with Crippen LogP contribution in [0.15, 0.2) is 83.9 Å². The second-order valence-corrected chi connectivity index (χ2v) is 9.72. The fourth-order valence-corrected chi connectivity index (χ4v) is 3.61. The van der Waals surface area contributed by atoms with Crippen LogP contribution >= 0.6 is 0 Å². The highest BCUT2D eigenvalue weighted by molar-refractivity contribution is 5.81. The first-order valence-corrected chi connectivity index (χ1v) is 12.1. The summed E-state index contributed by atoms with van der Waals surface area (Å²) in [5.41, 5.74) is 3.84. The van der Waals surface area contributed by atoms with Gasteiger partial charge in [-0.1, -0.05) is 65.8 Å². The summed E-state index contributed by atoms with van der Waals surface area (Å²) in [6, 6.07) is 18.6. The van der Waals surface area contributed by atoms with Gasteiger partial charge >= 0.3 is 0 Å². The van der Waals surface area contributed by atoms with Gasteiger partial charge in [0, 0.05) is 30.4 Å². The average Bonchev–Trinajstić information content (AvgIpc) is 3.27. The van der Waals surface area contributed by atoms with Gasteiger partial charge in [0.25, 0.3) is 0 Å². The molecule has 0 aliphatic rings. The van der Waals surface area contributed by atoms with E-state index in [0.29, 0.717) is 11.8 Å². The number of fused-ring (bicyclic) bond motifs is 1. The van der Waals surface area contributed by atoms with Gasteiger partial charge in [-0.2, -0.15) is 0 Å². The number of benzene rings is 1. The van der Waals surface area contributed by atoms with Crippen LogP contribution in [-0.4, -0.2) is 9.97 Å². The van der Waals surface area contributed by atoms with E-state index in [2.05, 4.69) is 81.8 Å². The SMILES string of the molecule is CC(C)Cc1cccc2ncccc12.CC(C)Cc1cccnc1.CC(C)Cc1ccco1. The molecule has 0 bridgehead atoms. The van der Waals surface area contributed by atoms with Gasteiger partial charge in [-0.05, 0) is 72.1 Å². The van der Waals surface area contributed by atoms with Crippen molar-refractivity contribution in [1.82, 2.24) is 9.97 Å². The maximum Gasteiger partial charge on any atom is 0.104 e. The third-order valence-electron chi connectivity index (χ3n) is 4.92. The Balaban J connectivity index is 0.000000181. The Kier molecular flexibility index (Phi) is 11.4. The molecule has 0 aliphatic heterocycles. The molecule has 1 aromatic carbocycles. The number of furan rings is 1. The fraction of sp³-hybridized carbons (Fsp3) is 0.400. The van der Waals surface area contributed by atoms with Crippen LogP contribution < -0.4 is 0 Å². The van der Waals surface area contributed by atoms with Crippen molar-refractivity contribution in [3.8, 4) is 0 Å². The Morgan fingerprint density at radius 1 is 0.697 bits per heavy atom. The van der Waals surface area contributed by atoms with Gasteiger partial charge in [-0.3, -0.25) is 9.97 Å². The maximum atomic E-state index is 5.14. The van der Waals surface area contributed by atoms with E-state index in [1.807, 2.05) is 42.9 Å². The zero-order chi connectivity index (χ0) is 24.1. The van der Waals surface area contributed by atoms with Crippen LogP contribution in [0.2, 0.25) is 0 Å². The molecule has 0 amide bonds. The molecule has 0 saturated heterocycles. The standard InChI is InChI=1S/C13H15N.C9H13N.C8H12O/c1-10(2)9-11-5-3-7-13-12(11)6-4-8-14-13;1-8(2)6-9-4-3-5-10-7-9;1-7(2)6-8-4-3-5-9-8/h3-8,10H,9H2,1-2H3;3-5,7-8H,6H2,1-2H3;3-5,7H,6H2,1-2H3. The molecule has 176 valence electrons. The highest BCUT2D eigenvalue weighted by atomic mass is 16.3. The monoisotopic (exact) mass is 444 g/mol. The summed E-state index contributed by atoms with van der Waals surface area (Å²) in [5.74, 6) is 3.20. The molecule has 3 nitrogen and oxygen atoms in total. The van der Waals surface area contributed by atoms with Crippen molar-refractivity contribution in [1.29, 1.82) is 0 Å². The first kappa shape index (κ1) is 26.3. The highest BCUT2D eigenvalue weighted by Crippen LogP contribution is 2.19. The van der Waals surface area contributed by atoms with E-state index in [9.17, 15) is 0 Å². The van der Waals surface area contributed by atoms with Crippen LogP contribution in [0.4, 0.5) is 0 Å². The quantitative estimate of drug-likeness (QED) is 0.301. The molecule has 4 rings (SSSR count). The topological polar surface area (TPSA) is 38.9 Å². The molecule has 0 atom stereocenters. The van der Waals surface area contributed by atoms with Crippen molar-refractivity contribution in [3.63, 3.8) is 0 Å². The second kappa shape index (κ2) is 14.3. The van der Waals surface area contributed by atoms with Gasteiger partial charge in [-0.25, -0.2) is 0 Å². The van der Waals surface area contributed by atoms with E-state index >= 15 is 0 Å². The molecule has 0 radical (unpaired) electrons. The van der Waals surface area contributed by atoms with Crippen LogP contribution in [0, 0.1) is 17.8 Å². The average molecular weight is 445 g/mol. The predicted octanol–water partition coefficient (Wildman–Crippen LogP) is 8.19. The zero-order valence-corrected chi connectivity index (χ0v) is 21.2. The Labute approximate surface area is 200 Å².